The molecule has 27 heavy (non-hydrogen) atoms. The van der Waals surface area contributed by atoms with E-state index in [-0.39, 0.29) is 5.78 Å². The summed E-state index contributed by atoms with van der Waals surface area (Å²) in [5.74, 6) is 1.07. The van der Waals surface area contributed by atoms with Gasteiger partial charge in [0, 0.05) is 48.9 Å². The molecule has 0 unspecified atom stereocenters. The first-order valence-electron chi connectivity index (χ1n) is 8.98. The molecule has 0 amide bonds. The van der Waals surface area contributed by atoms with Gasteiger partial charge in [0.1, 0.15) is 5.82 Å². The second kappa shape index (κ2) is 6.06. The molecule has 0 saturated carbocycles. The number of hydrogen-bond donors (Lipinski definition) is 0. The fourth-order valence-electron chi connectivity index (χ4n) is 3.75. The van der Waals surface area contributed by atoms with Crippen LogP contribution in [0.4, 0.5) is 11.5 Å². The fraction of sp³-hybridized carbons (Fsp3) is 0.136. The van der Waals surface area contributed by atoms with E-state index in [1.54, 1.807) is 4.68 Å². The molecule has 3 heterocycles. The molecule has 132 valence electrons. The van der Waals surface area contributed by atoms with E-state index < -0.39 is 0 Å². The molecule has 0 spiro atoms. The molecule has 0 bridgehead atoms. The Morgan fingerprint density at radius 3 is 2.78 bits per heavy atom. The van der Waals surface area contributed by atoms with Gasteiger partial charge in [0.2, 0.25) is 0 Å². The molecule has 2 aromatic heterocycles. The lowest BCUT2D eigenvalue weighted by molar-refractivity contribution is 0.0981. The molecule has 5 rings (SSSR count). The van der Waals surface area contributed by atoms with Crippen molar-refractivity contribution in [3.8, 4) is 11.1 Å². The number of ketones is 1. The van der Waals surface area contributed by atoms with E-state index in [4.69, 9.17) is 0 Å². The third kappa shape index (κ3) is 2.59. The topological polar surface area (TPSA) is 51.0 Å². The van der Waals surface area contributed by atoms with Crippen molar-refractivity contribution in [2.24, 2.45) is 7.05 Å². The summed E-state index contributed by atoms with van der Waals surface area (Å²) < 4.78 is 1.77. The molecule has 0 atom stereocenters. The van der Waals surface area contributed by atoms with Crippen molar-refractivity contribution in [3.05, 3.63) is 72.7 Å². The van der Waals surface area contributed by atoms with E-state index in [2.05, 4.69) is 27.1 Å². The molecular weight excluding hydrogens is 336 g/mol. The monoisotopic (exact) mass is 354 g/mol. The van der Waals surface area contributed by atoms with E-state index in [1.807, 2.05) is 62.0 Å². The Morgan fingerprint density at radius 2 is 1.93 bits per heavy atom. The second-order valence-electron chi connectivity index (χ2n) is 6.82. The summed E-state index contributed by atoms with van der Waals surface area (Å²) >= 11 is 0. The van der Waals surface area contributed by atoms with Gasteiger partial charge >= 0.3 is 0 Å². The number of carbonyl (C=O) groups is 1. The largest absolute Gasteiger partial charge is 0.325 e. The van der Waals surface area contributed by atoms with E-state index in [0.29, 0.717) is 13.0 Å². The van der Waals surface area contributed by atoms with Gasteiger partial charge in [0.15, 0.2) is 5.78 Å². The van der Waals surface area contributed by atoms with Crippen molar-refractivity contribution in [1.82, 2.24) is 14.8 Å². The molecule has 4 aromatic rings. The molecule has 2 aromatic carbocycles. The smallest absolute Gasteiger partial charge is 0.166 e. The Kier molecular flexibility index (Phi) is 3.53. The van der Waals surface area contributed by atoms with Crippen LogP contribution in [0, 0.1) is 0 Å². The van der Waals surface area contributed by atoms with Crippen LogP contribution < -0.4 is 4.90 Å². The molecule has 0 fully saturated rings. The molecule has 5 nitrogen and oxygen atoms in total. The summed E-state index contributed by atoms with van der Waals surface area (Å²) in [5, 5.41) is 6.47. The Labute approximate surface area is 156 Å². The Bertz CT molecular complexity index is 1170. The summed E-state index contributed by atoms with van der Waals surface area (Å²) in [5.41, 5.74) is 3.68. The Hall–Kier alpha value is -3.47. The average Bonchev–Trinajstić information content (AvgIpc) is 3.14. The Balaban J connectivity index is 1.65. The van der Waals surface area contributed by atoms with Gasteiger partial charge in [-0.1, -0.05) is 30.3 Å². The van der Waals surface area contributed by atoms with Gasteiger partial charge < -0.3 is 4.90 Å². The summed E-state index contributed by atoms with van der Waals surface area (Å²) in [6.45, 7) is 0.638. The molecule has 1 aliphatic heterocycles. The highest BCUT2D eigenvalue weighted by Gasteiger charge is 2.26. The van der Waals surface area contributed by atoms with Crippen LogP contribution in [-0.4, -0.2) is 27.1 Å². The van der Waals surface area contributed by atoms with Gasteiger partial charge in [-0.3, -0.25) is 9.48 Å². The molecule has 0 saturated heterocycles. The van der Waals surface area contributed by atoms with E-state index in [0.717, 1.165) is 39.0 Å². The van der Waals surface area contributed by atoms with Crippen LogP contribution in [0.5, 0.6) is 0 Å². The highest BCUT2D eigenvalue weighted by Crippen LogP contribution is 2.37. The summed E-state index contributed by atoms with van der Waals surface area (Å²) in [4.78, 5) is 19.4. The van der Waals surface area contributed by atoms with Gasteiger partial charge in [0.05, 0.1) is 11.9 Å². The van der Waals surface area contributed by atoms with E-state index >= 15 is 0 Å². The standard InChI is InChI=1S/C22H18N4O/c1-25-14-17(13-24-25)16-6-7-20-19(12-16)21(27)9-11-26(20)22-18-5-3-2-4-15(18)8-10-23-22/h2-8,10,12-14H,9,11H2,1H3. The van der Waals surface area contributed by atoms with Crippen molar-refractivity contribution in [3.63, 3.8) is 0 Å². The van der Waals surface area contributed by atoms with Crippen LogP contribution in [0.2, 0.25) is 0 Å². The highest BCUT2D eigenvalue weighted by atomic mass is 16.1. The predicted molar refractivity (Wildman–Crippen MR) is 106 cm³/mol. The van der Waals surface area contributed by atoms with Crippen LogP contribution >= 0.6 is 0 Å². The van der Waals surface area contributed by atoms with Crippen molar-refractivity contribution < 1.29 is 4.79 Å². The minimum atomic E-state index is 0.173. The number of carbonyl (C=O) groups excluding carboxylic acids is 1. The number of nitrogens with zero attached hydrogens (tertiary/aromatic N) is 4. The highest BCUT2D eigenvalue weighted by molar-refractivity contribution is 6.07. The lowest BCUT2D eigenvalue weighted by Gasteiger charge is -2.30. The predicted octanol–water partition coefficient (Wildman–Crippen LogP) is 4.36. The molecule has 0 radical (unpaired) electrons. The van der Waals surface area contributed by atoms with Gasteiger partial charge in [-0.05, 0) is 29.1 Å². The molecule has 1 aliphatic rings. The number of Topliss-reactive ketones (excluding diaryl/α,β-unsaturated/α-hetero) is 1. The maximum atomic E-state index is 12.6. The third-order valence-electron chi connectivity index (χ3n) is 5.10. The summed E-state index contributed by atoms with van der Waals surface area (Å²) in [6, 6.07) is 16.3. The molecule has 0 N–H and O–H groups in total. The summed E-state index contributed by atoms with van der Waals surface area (Å²) in [6.07, 6.45) is 6.09. The first-order chi connectivity index (χ1) is 13.2. The fourth-order valence-corrected chi connectivity index (χ4v) is 3.75. The van der Waals surface area contributed by atoms with Gasteiger partial charge in [0.25, 0.3) is 0 Å². The number of aryl methyl sites for hydroxylation is 1. The van der Waals surface area contributed by atoms with E-state index in [9.17, 15) is 4.79 Å². The molecular formula is C22H18N4O. The number of hydrogen-bond acceptors (Lipinski definition) is 4. The van der Waals surface area contributed by atoms with Crippen LogP contribution in [0.1, 0.15) is 16.8 Å². The number of rotatable bonds is 2. The van der Waals surface area contributed by atoms with E-state index in [1.165, 1.54) is 0 Å². The normalized spacial score (nSPS) is 13.8. The zero-order chi connectivity index (χ0) is 18.4. The summed E-state index contributed by atoms with van der Waals surface area (Å²) in [7, 11) is 1.89. The van der Waals surface area contributed by atoms with Crippen LogP contribution in [0.3, 0.4) is 0 Å². The van der Waals surface area contributed by atoms with Crippen molar-refractivity contribution in [1.29, 1.82) is 0 Å². The zero-order valence-electron chi connectivity index (χ0n) is 15.0. The zero-order valence-corrected chi connectivity index (χ0v) is 15.0. The minimum Gasteiger partial charge on any atom is -0.325 e. The molecule has 5 heteroatoms. The maximum Gasteiger partial charge on any atom is 0.166 e. The Morgan fingerprint density at radius 1 is 1.04 bits per heavy atom. The number of fused-ring (bicyclic) bond motifs is 2. The number of anilines is 2. The van der Waals surface area contributed by atoms with Gasteiger partial charge in [-0.15, -0.1) is 0 Å². The minimum absolute atomic E-state index is 0.173. The van der Waals surface area contributed by atoms with Gasteiger partial charge in [-0.25, -0.2) is 4.98 Å². The van der Waals surface area contributed by atoms with Gasteiger partial charge in [-0.2, -0.15) is 5.10 Å². The maximum absolute atomic E-state index is 12.6. The second-order valence-corrected chi connectivity index (χ2v) is 6.82. The van der Waals surface area contributed by atoms with Crippen LogP contribution in [0.15, 0.2) is 67.1 Å². The van der Waals surface area contributed by atoms with Crippen molar-refractivity contribution in [2.75, 3.05) is 11.4 Å². The lowest BCUT2D eigenvalue weighted by atomic mass is 9.96. The quantitative estimate of drug-likeness (QED) is 0.537. The van der Waals surface area contributed by atoms with Crippen molar-refractivity contribution >= 4 is 28.1 Å². The van der Waals surface area contributed by atoms with Crippen LogP contribution in [-0.2, 0) is 7.05 Å². The van der Waals surface area contributed by atoms with Crippen molar-refractivity contribution in [2.45, 2.75) is 6.42 Å². The number of benzene rings is 2. The molecule has 0 aliphatic carbocycles. The third-order valence-corrected chi connectivity index (χ3v) is 5.10. The number of aromatic nitrogens is 3. The average molecular weight is 354 g/mol. The SMILES string of the molecule is Cn1cc(-c2ccc3c(c2)C(=O)CCN3c2nccc3ccccc23)cn1. The first kappa shape index (κ1) is 15.8. The number of pyridine rings is 1. The first-order valence-corrected chi connectivity index (χ1v) is 8.98. The lowest BCUT2D eigenvalue weighted by Crippen LogP contribution is -2.28. The van der Waals surface area contributed by atoms with Crippen LogP contribution in [0.25, 0.3) is 21.9 Å².